The van der Waals surface area contributed by atoms with E-state index in [-0.39, 0.29) is 22.9 Å². The van der Waals surface area contributed by atoms with Crippen molar-refractivity contribution in [2.45, 2.75) is 196 Å². The molecule has 9 aliphatic rings. The van der Waals surface area contributed by atoms with Crippen molar-refractivity contribution in [2.75, 3.05) is 26.4 Å². The first-order valence-electron chi connectivity index (χ1n) is 23.3. The van der Waals surface area contributed by atoms with Gasteiger partial charge in [-0.05, 0) is 97.7 Å². The number of hydrogen-bond donors (Lipinski definition) is 10. The van der Waals surface area contributed by atoms with Gasteiger partial charge in [-0.15, -0.1) is 0 Å². The highest BCUT2D eigenvalue weighted by atomic mass is 16.8. The molecule has 0 unspecified atom stereocenters. The van der Waals surface area contributed by atoms with Crippen LogP contribution in [-0.4, -0.2) is 188 Å². The first-order chi connectivity index (χ1) is 29.4. The fraction of sp³-hybridized carbons (Fsp3) is 1.00. The van der Waals surface area contributed by atoms with E-state index in [1.54, 1.807) is 0 Å². The SMILES string of the molecule is C[C@@H]1CC[C@@]2(OC1)O[C@H]1C[C@H]3[C@@H]4CC[C@@H]5C[C@@H](O[C@@H]6O[C@H](CO)[C@H](O)[C@H](O[C@@H]7OC[C@@H](O)[C@H](O)[C@H]7O)[C@H]6O[C@@H]6O[C@H](CO)[C@@H](O)[C@H](O)[C@H]6O)[C@@H](O)C[C@]5(C)[C@H]4CC[C@]3(C)[C@H]1[C@@H]2C. The lowest BCUT2D eigenvalue weighted by Gasteiger charge is -2.62. The van der Waals surface area contributed by atoms with Crippen molar-refractivity contribution in [1.82, 2.24) is 0 Å². The number of fused-ring (bicyclic) bond motifs is 7. The second-order valence-corrected chi connectivity index (χ2v) is 21.2. The van der Waals surface area contributed by atoms with E-state index >= 15 is 0 Å². The molecule has 356 valence electrons. The Kier molecular flexibility index (Phi) is 13.0. The van der Waals surface area contributed by atoms with Gasteiger partial charge in [0.05, 0.1) is 44.7 Å². The number of ether oxygens (including phenoxy) is 8. The van der Waals surface area contributed by atoms with Gasteiger partial charge >= 0.3 is 0 Å². The summed E-state index contributed by atoms with van der Waals surface area (Å²) in [5.74, 6) is 2.39. The lowest BCUT2D eigenvalue weighted by Crippen LogP contribution is -2.67. The fourth-order valence-electron chi connectivity index (χ4n) is 14.4. The Labute approximate surface area is 362 Å². The lowest BCUT2D eigenvalue weighted by atomic mass is 9.44. The third kappa shape index (κ3) is 7.55. The van der Waals surface area contributed by atoms with Crippen LogP contribution < -0.4 is 0 Å². The molecule has 4 saturated carbocycles. The van der Waals surface area contributed by atoms with E-state index in [2.05, 4.69) is 27.7 Å². The van der Waals surface area contributed by atoms with E-state index in [0.717, 1.165) is 51.6 Å². The van der Waals surface area contributed by atoms with Crippen LogP contribution in [0, 0.1) is 52.3 Å². The Morgan fingerprint density at radius 2 is 1.31 bits per heavy atom. The van der Waals surface area contributed by atoms with E-state index in [4.69, 9.17) is 37.9 Å². The Bertz CT molecular complexity index is 1550. The third-order valence-corrected chi connectivity index (χ3v) is 17.9. The van der Waals surface area contributed by atoms with Gasteiger partial charge in [-0.25, -0.2) is 0 Å². The summed E-state index contributed by atoms with van der Waals surface area (Å²) >= 11 is 0. The highest BCUT2D eigenvalue weighted by Gasteiger charge is 2.69. The molecule has 1 spiro atoms. The quantitative estimate of drug-likeness (QED) is 0.129. The number of aliphatic hydroxyl groups excluding tert-OH is 10. The second kappa shape index (κ2) is 17.4. The molecule has 0 radical (unpaired) electrons. The molecule has 0 aromatic rings. The van der Waals surface area contributed by atoms with Gasteiger partial charge in [-0.2, -0.15) is 0 Å². The molecule has 18 heteroatoms. The van der Waals surface area contributed by atoms with Gasteiger partial charge in [0, 0.05) is 12.3 Å². The van der Waals surface area contributed by atoms with Gasteiger partial charge in [-0.1, -0.05) is 27.7 Å². The molecule has 18 nitrogen and oxygen atoms in total. The van der Waals surface area contributed by atoms with Crippen molar-refractivity contribution in [3.8, 4) is 0 Å². The predicted molar refractivity (Wildman–Crippen MR) is 211 cm³/mol. The van der Waals surface area contributed by atoms with Crippen molar-refractivity contribution < 1.29 is 89.0 Å². The maximum absolute atomic E-state index is 12.1. The minimum Gasteiger partial charge on any atom is -0.394 e. The number of hydrogen-bond acceptors (Lipinski definition) is 18. The largest absolute Gasteiger partial charge is 0.394 e. The van der Waals surface area contributed by atoms with Crippen molar-refractivity contribution >= 4 is 0 Å². The van der Waals surface area contributed by atoms with Crippen LogP contribution in [0.2, 0.25) is 0 Å². The minimum absolute atomic E-state index is 0.139. The topological polar surface area (TPSA) is 276 Å². The van der Waals surface area contributed by atoms with E-state index in [0.29, 0.717) is 48.3 Å². The summed E-state index contributed by atoms with van der Waals surface area (Å²) in [6.07, 6.45) is -16.2. The summed E-state index contributed by atoms with van der Waals surface area (Å²) in [5, 5.41) is 107. The first kappa shape index (κ1) is 46.4. The molecule has 0 aromatic heterocycles. The Morgan fingerprint density at radius 3 is 2.02 bits per heavy atom. The van der Waals surface area contributed by atoms with Crippen LogP contribution in [0.4, 0.5) is 0 Å². The molecule has 0 bridgehead atoms. The number of aliphatic hydroxyl groups is 10. The zero-order valence-corrected chi connectivity index (χ0v) is 36.3. The van der Waals surface area contributed by atoms with Crippen LogP contribution in [0.5, 0.6) is 0 Å². The van der Waals surface area contributed by atoms with E-state index in [1.807, 2.05) is 0 Å². The van der Waals surface area contributed by atoms with Crippen molar-refractivity contribution in [3.63, 3.8) is 0 Å². The maximum Gasteiger partial charge on any atom is 0.187 e. The molecule has 27 atom stereocenters. The van der Waals surface area contributed by atoms with Gasteiger partial charge in [-0.3, -0.25) is 0 Å². The van der Waals surface area contributed by atoms with Crippen molar-refractivity contribution in [3.05, 3.63) is 0 Å². The van der Waals surface area contributed by atoms with Crippen molar-refractivity contribution in [1.29, 1.82) is 0 Å². The molecule has 0 aromatic carbocycles. The highest BCUT2D eigenvalue weighted by Crippen LogP contribution is 2.71. The molecule has 9 rings (SSSR count). The zero-order valence-electron chi connectivity index (χ0n) is 36.3. The molecular formula is C44H72O18. The predicted octanol–water partition coefficient (Wildman–Crippen LogP) is -1.12. The van der Waals surface area contributed by atoms with Crippen LogP contribution in [0.3, 0.4) is 0 Å². The van der Waals surface area contributed by atoms with Crippen LogP contribution in [0.1, 0.15) is 85.5 Å². The van der Waals surface area contributed by atoms with Crippen LogP contribution in [0.15, 0.2) is 0 Å². The summed E-state index contributed by atoms with van der Waals surface area (Å²) in [6, 6.07) is 0. The smallest absolute Gasteiger partial charge is 0.187 e. The standard InChI is InChI=1S/C44H72O18/c1-18-7-10-44(56-16-18)19(2)30-27(62-44)12-23-21-6-5-20-11-26(24(47)13-43(20,4)22(21)8-9-42(23,30)3)57-41-38(61-40-36(54)34(52)32(50)28(14-45)58-40)37(33(51)29(15-46)59-41)60-39-35(53)31(49)25(48)17-55-39/h18-41,45-54H,5-17H2,1-4H3/t18-,19+,20-,21-,22+,23+,24+,25-,26-,27+,28-,29-,30+,31+,32-,33+,34+,35-,36-,37+,38-,39+,40+,41-,42+,43+,44-/m1/s1. The summed E-state index contributed by atoms with van der Waals surface area (Å²) < 4.78 is 49.6. The molecule has 10 N–H and O–H groups in total. The minimum atomic E-state index is -1.87. The highest BCUT2D eigenvalue weighted by molar-refractivity contribution is 5.16. The van der Waals surface area contributed by atoms with Crippen molar-refractivity contribution in [2.24, 2.45) is 52.3 Å². The third-order valence-electron chi connectivity index (χ3n) is 17.9. The Balaban J connectivity index is 0.934. The van der Waals surface area contributed by atoms with Crippen LogP contribution in [-0.2, 0) is 37.9 Å². The van der Waals surface area contributed by atoms with Gasteiger partial charge < -0.3 is 89.0 Å². The molecule has 5 aliphatic heterocycles. The average molecular weight is 889 g/mol. The molecule has 4 aliphatic carbocycles. The maximum atomic E-state index is 12.1. The molecule has 5 heterocycles. The number of rotatable bonds is 8. The van der Waals surface area contributed by atoms with Crippen LogP contribution in [0.25, 0.3) is 0 Å². The molecule has 62 heavy (non-hydrogen) atoms. The Morgan fingerprint density at radius 1 is 0.613 bits per heavy atom. The first-order valence-corrected chi connectivity index (χ1v) is 23.3. The Hall–Kier alpha value is -0.720. The monoisotopic (exact) mass is 888 g/mol. The lowest BCUT2D eigenvalue weighted by molar-refractivity contribution is -0.394. The van der Waals surface area contributed by atoms with Gasteiger partial charge in [0.2, 0.25) is 0 Å². The van der Waals surface area contributed by atoms with Gasteiger partial charge in [0.15, 0.2) is 24.7 Å². The molecule has 9 fully saturated rings. The summed E-state index contributed by atoms with van der Waals surface area (Å²) in [6.45, 7) is 8.27. The van der Waals surface area contributed by atoms with E-state index in [9.17, 15) is 51.1 Å². The fourth-order valence-corrected chi connectivity index (χ4v) is 14.4. The van der Waals surface area contributed by atoms with E-state index in [1.165, 1.54) is 0 Å². The van der Waals surface area contributed by atoms with E-state index < -0.39 is 124 Å². The van der Waals surface area contributed by atoms with Gasteiger partial charge in [0.25, 0.3) is 0 Å². The summed E-state index contributed by atoms with van der Waals surface area (Å²) in [4.78, 5) is 0. The van der Waals surface area contributed by atoms with Crippen LogP contribution >= 0.6 is 0 Å². The second-order valence-electron chi connectivity index (χ2n) is 21.2. The normalized spacial score (nSPS) is 58.9. The average Bonchev–Trinajstić information content (AvgIpc) is 3.69. The summed E-state index contributed by atoms with van der Waals surface area (Å²) in [7, 11) is 0. The molecule has 5 saturated heterocycles. The molecular weight excluding hydrogens is 816 g/mol. The molecule has 0 amide bonds. The summed E-state index contributed by atoms with van der Waals surface area (Å²) in [5.41, 5.74) is -0.0485. The van der Waals surface area contributed by atoms with Gasteiger partial charge in [0.1, 0.15) is 67.1 Å². The zero-order chi connectivity index (χ0) is 44.2.